The molecule has 0 aliphatic carbocycles. The first-order valence-corrected chi connectivity index (χ1v) is 11.5. The first-order valence-electron chi connectivity index (χ1n) is 9.15. The zero-order valence-electron chi connectivity index (χ0n) is 15.4. The molecule has 150 valence electrons. The first kappa shape index (κ1) is 20.1. The van der Waals surface area contributed by atoms with Gasteiger partial charge in [-0.25, -0.2) is 13.2 Å². The Morgan fingerprint density at radius 2 is 1.63 bits per heavy atom. The Morgan fingerprint density at radius 1 is 0.963 bits per heavy atom. The van der Waals surface area contributed by atoms with Gasteiger partial charge in [-0.1, -0.05) is 6.42 Å². The SMILES string of the molecule is COC(=O)N1CCCN(C(=O)c2sccc2S(=O)(=O)N2CCCCC2)CC1. The smallest absolute Gasteiger partial charge is 0.409 e. The molecule has 3 heterocycles. The number of amides is 2. The van der Waals surface area contributed by atoms with Crippen molar-refractivity contribution in [1.82, 2.24) is 14.1 Å². The molecule has 1 aromatic rings. The Labute approximate surface area is 163 Å². The molecule has 10 heteroatoms. The molecular weight excluding hydrogens is 390 g/mol. The van der Waals surface area contributed by atoms with Gasteiger partial charge in [-0.2, -0.15) is 4.31 Å². The van der Waals surface area contributed by atoms with Crippen molar-refractivity contribution in [3.05, 3.63) is 16.3 Å². The van der Waals surface area contributed by atoms with Crippen LogP contribution in [0.15, 0.2) is 16.3 Å². The van der Waals surface area contributed by atoms with Crippen LogP contribution in [0, 0.1) is 0 Å². The van der Waals surface area contributed by atoms with Crippen LogP contribution in [0.5, 0.6) is 0 Å². The second-order valence-corrected chi connectivity index (χ2v) is 9.50. The molecule has 2 fully saturated rings. The molecule has 2 amide bonds. The largest absolute Gasteiger partial charge is 0.453 e. The van der Waals surface area contributed by atoms with Gasteiger partial charge in [0.15, 0.2) is 0 Å². The molecular formula is C17H25N3O5S2. The molecule has 0 radical (unpaired) electrons. The number of thiophene rings is 1. The maximum Gasteiger partial charge on any atom is 0.409 e. The lowest BCUT2D eigenvalue weighted by atomic mass is 10.2. The highest BCUT2D eigenvalue weighted by molar-refractivity contribution is 7.89. The lowest BCUT2D eigenvalue weighted by Crippen LogP contribution is -2.39. The van der Waals surface area contributed by atoms with Crippen molar-refractivity contribution in [2.75, 3.05) is 46.4 Å². The number of carbonyl (C=O) groups is 2. The summed E-state index contributed by atoms with van der Waals surface area (Å²) in [6.07, 6.45) is 2.95. The summed E-state index contributed by atoms with van der Waals surface area (Å²) in [5.74, 6) is -0.285. The van der Waals surface area contributed by atoms with E-state index in [4.69, 9.17) is 4.74 Å². The highest BCUT2D eigenvalue weighted by Gasteiger charge is 2.33. The van der Waals surface area contributed by atoms with Gasteiger partial charge in [-0.15, -0.1) is 11.3 Å². The van der Waals surface area contributed by atoms with E-state index >= 15 is 0 Å². The minimum atomic E-state index is -3.66. The third-order valence-corrected chi connectivity index (χ3v) is 7.94. The van der Waals surface area contributed by atoms with Crippen LogP contribution in [0.1, 0.15) is 35.4 Å². The summed E-state index contributed by atoms with van der Waals surface area (Å²) in [5.41, 5.74) is 0. The van der Waals surface area contributed by atoms with Gasteiger partial charge in [0, 0.05) is 39.3 Å². The number of rotatable bonds is 3. The molecule has 2 aliphatic heterocycles. The van der Waals surface area contributed by atoms with Crippen molar-refractivity contribution < 1.29 is 22.7 Å². The molecule has 0 bridgehead atoms. The van der Waals surface area contributed by atoms with Gasteiger partial charge in [0.2, 0.25) is 10.0 Å². The minimum absolute atomic E-state index is 0.105. The molecule has 0 aromatic carbocycles. The van der Waals surface area contributed by atoms with E-state index in [-0.39, 0.29) is 15.7 Å². The maximum absolute atomic E-state index is 13.0. The quantitative estimate of drug-likeness (QED) is 0.752. The normalized spacial score (nSPS) is 19.6. The zero-order chi connectivity index (χ0) is 19.4. The topological polar surface area (TPSA) is 87.2 Å². The predicted octanol–water partition coefficient (Wildman–Crippen LogP) is 1.84. The number of sulfonamides is 1. The van der Waals surface area contributed by atoms with Crippen LogP contribution >= 0.6 is 11.3 Å². The number of methoxy groups -OCH3 is 1. The van der Waals surface area contributed by atoms with Crippen LogP contribution in [0.4, 0.5) is 4.79 Å². The van der Waals surface area contributed by atoms with Crippen molar-refractivity contribution in [2.24, 2.45) is 0 Å². The number of ether oxygens (including phenoxy) is 1. The number of nitrogens with zero attached hydrogens (tertiary/aromatic N) is 3. The molecule has 2 saturated heterocycles. The summed E-state index contributed by atoms with van der Waals surface area (Å²) in [5, 5.41) is 1.66. The van der Waals surface area contributed by atoms with Crippen LogP contribution in [0.25, 0.3) is 0 Å². The maximum atomic E-state index is 13.0. The van der Waals surface area contributed by atoms with Crippen molar-refractivity contribution in [1.29, 1.82) is 0 Å². The average Bonchev–Trinajstić information content (AvgIpc) is 3.06. The molecule has 0 atom stereocenters. The van der Waals surface area contributed by atoms with E-state index in [1.165, 1.54) is 17.5 Å². The van der Waals surface area contributed by atoms with Crippen molar-refractivity contribution in [3.8, 4) is 0 Å². The predicted molar refractivity (Wildman–Crippen MR) is 101 cm³/mol. The van der Waals surface area contributed by atoms with E-state index in [1.54, 1.807) is 15.2 Å². The van der Waals surface area contributed by atoms with E-state index < -0.39 is 16.1 Å². The fourth-order valence-electron chi connectivity index (χ4n) is 3.48. The van der Waals surface area contributed by atoms with Gasteiger partial charge in [-0.05, 0) is 30.7 Å². The minimum Gasteiger partial charge on any atom is -0.453 e. The lowest BCUT2D eigenvalue weighted by Gasteiger charge is -2.26. The number of carbonyl (C=O) groups excluding carboxylic acids is 2. The van der Waals surface area contributed by atoms with E-state index in [0.717, 1.165) is 30.6 Å². The molecule has 0 N–H and O–H groups in total. The third-order valence-electron chi connectivity index (χ3n) is 4.97. The fraction of sp³-hybridized carbons (Fsp3) is 0.647. The van der Waals surface area contributed by atoms with Gasteiger partial charge < -0.3 is 14.5 Å². The van der Waals surface area contributed by atoms with E-state index in [9.17, 15) is 18.0 Å². The second kappa shape index (κ2) is 8.57. The molecule has 0 saturated carbocycles. The molecule has 3 rings (SSSR count). The van der Waals surface area contributed by atoms with Gasteiger partial charge in [0.05, 0.1) is 7.11 Å². The molecule has 0 unspecified atom stereocenters. The van der Waals surface area contributed by atoms with Crippen molar-refractivity contribution in [3.63, 3.8) is 0 Å². The summed E-state index contributed by atoms with van der Waals surface area (Å²) in [7, 11) is -2.33. The Bertz CT molecular complexity index is 786. The van der Waals surface area contributed by atoms with Crippen LogP contribution in [0.2, 0.25) is 0 Å². The van der Waals surface area contributed by atoms with Gasteiger partial charge in [0.1, 0.15) is 9.77 Å². The highest BCUT2D eigenvalue weighted by atomic mass is 32.2. The highest BCUT2D eigenvalue weighted by Crippen LogP contribution is 2.28. The van der Waals surface area contributed by atoms with Crippen LogP contribution in [-0.2, 0) is 14.8 Å². The Kier molecular flexibility index (Phi) is 6.38. The molecule has 1 aromatic heterocycles. The second-order valence-electron chi connectivity index (χ2n) is 6.68. The van der Waals surface area contributed by atoms with Gasteiger partial charge in [-0.3, -0.25) is 4.79 Å². The number of hydrogen-bond donors (Lipinski definition) is 0. The zero-order valence-corrected chi connectivity index (χ0v) is 17.1. The molecule has 8 nitrogen and oxygen atoms in total. The molecule has 0 spiro atoms. The van der Waals surface area contributed by atoms with Crippen molar-refractivity contribution >= 4 is 33.4 Å². The lowest BCUT2D eigenvalue weighted by molar-refractivity contribution is 0.0758. The molecule has 27 heavy (non-hydrogen) atoms. The van der Waals surface area contributed by atoms with E-state index in [0.29, 0.717) is 45.7 Å². The Hall–Kier alpha value is -1.65. The van der Waals surface area contributed by atoms with Crippen LogP contribution in [0.3, 0.4) is 0 Å². The summed E-state index contributed by atoms with van der Waals surface area (Å²) in [6, 6.07) is 1.53. The summed E-state index contributed by atoms with van der Waals surface area (Å²) < 4.78 is 32.2. The average molecular weight is 416 g/mol. The van der Waals surface area contributed by atoms with Gasteiger partial charge >= 0.3 is 6.09 Å². The Morgan fingerprint density at radius 3 is 2.33 bits per heavy atom. The van der Waals surface area contributed by atoms with E-state index in [1.807, 2.05) is 0 Å². The summed E-state index contributed by atoms with van der Waals surface area (Å²) in [6.45, 7) is 2.73. The number of piperidine rings is 1. The third kappa shape index (κ3) is 4.27. The number of hydrogen-bond acceptors (Lipinski definition) is 6. The van der Waals surface area contributed by atoms with Crippen LogP contribution < -0.4 is 0 Å². The first-order chi connectivity index (χ1) is 12.9. The van der Waals surface area contributed by atoms with Crippen molar-refractivity contribution in [2.45, 2.75) is 30.6 Å². The summed E-state index contributed by atoms with van der Waals surface area (Å²) in [4.78, 5) is 28.3. The monoisotopic (exact) mass is 415 g/mol. The van der Waals surface area contributed by atoms with Gasteiger partial charge in [0.25, 0.3) is 5.91 Å². The van der Waals surface area contributed by atoms with E-state index in [2.05, 4.69) is 0 Å². The Balaban J connectivity index is 1.77. The molecule has 2 aliphatic rings. The standard InChI is InChI=1S/C17H25N3O5S2/c1-25-17(22)19-8-5-7-18(11-12-19)16(21)15-14(6-13-26-15)27(23,24)20-9-3-2-4-10-20/h6,13H,2-5,7-12H2,1H3. The summed E-state index contributed by atoms with van der Waals surface area (Å²) >= 11 is 1.16. The fourth-order valence-corrected chi connectivity index (χ4v) is 6.36. The van der Waals surface area contributed by atoms with Crippen LogP contribution in [-0.4, -0.2) is 80.9 Å².